The number of aliphatic hydroxyl groups is 4. The van der Waals surface area contributed by atoms with E-state index in [4.69, 9.17) is 52.1 Å². The van der Waals surface area contributed by atoms with Gasteiger partial charge < -0.3 is 93.0 Å². The number of ether oxygens (including phenoxy) is 11. The third-order valence-electron chi connectivity index (χ3n) is 10.5. The van der Waals surface area contributed by atoms with Gasteiger partial charge in [-0.1, -0.05) is 12.1 Å². The summed E-state index contributed by atoms with van der Waals surface area (Å²) in [5.41, 5.74) is 0.816. The predicted octanol–water partition coefficient (Wildman–Crippen LogP) is -0.908. The molecule has 67 heavy (non-hydrogen) atoms. The van der Waals surface area contributed by atoms with Crippen LogP contribution in [-0.4, -0.2) is 183 Å². The smallest absolute Gasteiger partial charge is 0.330 e. The number of aromatic hydroxyl groups is 4. The second kappa shape index (κ2) is 23.4. The van der Waals surface area contributed by atoms with Gasteiger partial charge in [0.2, 0.25) is 0 Å². The van der Waals surface area contributed by atoms with Crippen molar-refractivity contribution in [3.05, 3.63) is 53.6 Å². The van der Waals surface area contributed by atoms with Crippen molar-refractivity contribution < 1.29 is 117 Å². The molecule has 3 saturated heterocycles. The van der Waals surface area contributed by atoms with Gasteiger partial charge in [-0.15, -0.1) is 0 Å². The molecule has 0 unspecified atom stereocenters. The SMILES string of the molecule is CC(=O)OC[C@H]1O[C@@H](O[C@@H]2[C@@H](O)[C@H](C)O[C@@H](O[C@@H]3[C@@H](O)[C@H](OCCc4ccc(O)c(O)c4)O[C@H](COC(=O)/C=C/c4ccc(O)c(O)c4)[C@H]3O)[C@@H]2O)[C@H](OC(C)=O)[C@@H](OC(C)=O)[C@@H]1OC(C)=O. The fourth-order valence-corrected chi connectivity index (χ4v) is 7.25. The quantitative estimate of drug-likeness (QED) is 0.0412. The molecule has 5 rings (SSSR count). The molecule has 3 fully saturated rings. The molecule has 3 heterocycles. The molecular weight excluding hydrogens is 900 g/mol. The van der Waals surface area contributed by atoms with Crippen molar-refractivity contribution in [3.63, 3.8) is 0 Å². The van der Waals surface area contributed by atoms with E-state index < -0.39 is 147 Å². The molecule has 3 aliphatic rings. The summed E-state index contributed by atoms with van der Waals surface area (Å²) in [6.45, 7) is 3.95. The molecule has 24 heteroatoms. The Morgan fingerprint density at radius 3 is 1.75 bits per heavy atom. The number of aliphatic hydroxyl groups excluding tert-OH is 4. The summed E-state index contributed by atoms with van der Waals surface area (Å²) in [6, 6.07) is 7.80. The van der Waals surface area contributed by atoms with Gasteiger partial charge >= 0.3 is 29.8 Å². The molecule has 8 N–H and O–H groups in total. The minimum absolute atomic E-state index is 0.101. The van der Waals surface area contributed by atoms with Gasteiger partial charge in [-0.25, -0.2) is 4.79 Å². The van der Waals surface area contributed by atoms with Gasteiger partial charge in [0.15, 0.2) is 60.2 Å². The lowest BCUT2D eigenvalue weighted by atomic mass is 9.96. The van der Waals surface area contributed by atoms with E-state index in [1.54, 1.807) is 0 Å². The number of carbonyl (C=O) groups excluding carboxylic acids is 5. The number of esters is 5. The first-order valence-corrected chi connectivity index (χ1v) is 20.8. The number of carbonyl (C=O) groups is 5. The topological polar surface area (TPSA) is 349 Å². The Hall–Kier alpha value is -5.67. The fraction of sp³-hybridized carbons (Fsp3) is 0.558. The number of benzene rings is 2. The highest BCUT2D eigenvalue weighted by atomic mass is 16.8. The molecular formula is C43H54O24. The molecule has 2 aromatic rings. The average Bonchev–Trinajstić information content (AvgIpc) is 3.25. The molecule has 0 bridgehead atoms. The van der Waals surface area contributed by atoms with Gasteiger partial charge in [-0.2, -0.15) is 0 Å². The fourth-order valence-electron chi connectivity index (χ4n) is 7.25. The molecule has 0 aromatic heterocycles. The van der Waals surface area contributed by atoms with Crippen LogP contribution in [0.1, 0.15) is 45.7 Å². The number of phenols is 4. The van der Waals surface area contributed by atoms with Gasteiger partial charge in [0, 0.05) is 33.8 Å². The molecule has 0 amide bonds. The molecule has 2 aromatic carbocycles. The van der Waals surface area contributed by atoms with E-state index in [0.29, 0.717) is 11.1 Å². The predicted molar refractivity (Wildman–Crippen MR) is 218 cm³/mol. The Kier molecular flexibility index (Phi) is 18.2. The Balaban J connectivity index is 1.39. The van der Waals surface area contributed by atoms with E-state index in [1.165, 1.54) is 49.4 Å². The normalized spacial score (nSPS) is 31.9. The Bertz CT molecular complexity index is 2080. The first-order valence-electron chi connectivity index (χ1n) is 20.8. The second-order valence-electron chi connectivity index (χ2n) is 15.6. The third-order valence-corrected chi connectivity index (χ3v) is 10.5. The van der Waals surface area contributed by atoms with Crippen LogP contribution in [0.15, 0.2) is 42.5 Å². The Morgan fingerprint density at radius 2 is 1.12 bits per heavy atom. The van der Waals surface area contributed by atoms with E-state index in [2.05, 4.69) is 0 Å². The van der Waals surface area contributed by atoms with Crippen LogP contribution in [0.2, 0.25) is 0 Å². The lowest BCUT2D eigenvalue weighted by molar-refractivity contribution is -0.378. The zero-order valence-corrected chi connectivity index (χ0v) is 36.7. The van der Waals surface area contributed by atoms with E-state index >= 15 is 0 Å². The monoisotopic (exact) mass is 954 g/mol. The first-order chi connectivity index (χ1) is 31.6. The van der Waals surface area contributed by atoms with Crippen molar-refractivity contribution in [2.45, 2.75) is 133 Å². The van der Waals surface area contributed by atoms with Crippen LogP contribution in [0.25, 0.3) is 6.08 Å². The van der Waals surface area contributed by atoms with E-state index in [-0.39, 0.29) is 24.5 Å². The molecule has 0 aliphatic carbocycles. The minimum Gasteiger partial charge on any atom is -0.504 e. The zero-order valence-electron chi connectivity index (χ0n) is 36.7. The van der Waals surface area contributed by atoms with Crippen LogP contribution in [-0.2, 0) is 82.5 Å². The van der Waals surface area contributed by atoms with Gasteiger partial charge in [-0.3, -0.25) is 19.2 Å². The van der Waals surface area contributed by atoms with Crippen molar-refractivity contribution in [1.82, 2.24) is 0 Å². The summed E-state index contributed by atoms with van der Waals surface area (Å²) in [5, 5.41) is 85.1. The van der Waals surface area contributed by atoms with Gasteiger partial charge in [-0.05, 0) is 54.8 Å². The lowest BCUT2D eigenvalue weighted by Gasteiger charge is -2.48. The standard InChI is InChI=1S/C43H54O24/c1-18-32(53)37(67-43-40(63-22(5)47)39(62-21(4)46)36(61-20(3)45)30(65-43)17-58-19(2)44)35(56)42(60-18)66-38-33(54)29(16-59-31(52)11-8-23-6-9-25(48)27(50)14-23)64-41(34(38)55)57-13-12-24-7-10-26(49)28(51)15-24/h6-11,14-15,18,29-30,32-43,48-51,53-56H,12-13,16-17H2,1-5H3/b11-8+/t18-,29+,30+,32-,33+,34+,35+,36+,37+,38-,39-,40+,41+,42-,43-/m0/s1. The second-order valence-corrected chi connectivity index (χ2v) is 15.6. The van der Waals surface area contributed by atoms with E-state index in [1.807, 2.05) is 0 Å². The van der Waals surface area contributed by atoms with Crippen LogP contribution in [0.5, 0.6) is 23.0 Å². The minimum atomic E-state index is -2.05. The number of phenolic OH excluding ortho intramolecular Hbond substituents is 4. The number of hydrogen-bond donors (Lipinski definition) is 8. The summed E-state index contributed by atoms with van der Waals surface area (Å²) in [4.78, 5) is 61.5. The summed E-state index contributed by atoms with van der Waals surface area (Å²) < 4.78 is 62.1. The molecule has 0 saturated carbocycles. The number of rotatable bonds is 17. The molecule has 370 valence electrons. The van der Waals surface area contributed by atoms with Crippen molar-refractivity contribution in [1.29, 1.82) is 0 Å². The highest BCUT2D eigenvalue weighted by Gasteiger charge is 2.56. The summed E-state index contributed by atoms with van der Waals surface area (Å²) in [7, 11) is 0. The maximum Gasteiger partial charge on any atom is 0.330 e. The Morgan fingerprint density at radius 1 is 0.567 bits per heavy atom. The molecule has 0 spiro atoms. The van der Waals surface area contributed by atoms with Crippen LogP contribution in [0, 0.1) is 0 Å². The molecule has 0 radical (unpaired) electrons. The van der Waals surface area contributed by atoms with Crippen LogP contribution >= 0.6 is 0 Å². The maximum atomic E-state index is 12.8. The highest BCUT2D eigenvalue weighted by molar-refractivity contribution is 5.87. The van der Waals surface area contributed by atoms with Crippen molar-refractivity contribution >= 4 is 35.9 Å². The van der Waals surface area contributed by atoms with E-state index in [0.717, 1.165) is 33.8 Å². The molecule has 24 nitrogen and oxygen atoms in total. The summed E-state index contributed by atoms with van der Waals surface area (Å²) in [5.74, 6) is -6.12. The van der Waals surface area contributed by atoms with Crippen LogP contribution in [0.3, 0.4) is 0 Å². The number of hydrogen-bond acceptors (Lipinski definition) is 24. The van der Waals surface area contributed by atoms with Crippen LogP contribution < -0.4 is 0 Å². The zero-order chi connectivity index (χ0) is 49.3. The average molecular weight is 955 g/mol. The first kappa shape index (κ1) is 52.3. The van der Waals surface area contributed by atoms with Gasteiger partial charge in [0.05, 0.1) is 12.7 Å². The molecule has 3 aliphatic heterocycles. The van der Waals surface area contributed by atoms with Crippen LogP contribution in [0.4, 0.5) is 0 Å². The maximum absolute atomic E-state index is 12.8. The Labute approximate surface area is 382 Å². The highest BCUT2D eigenvalue weighted by Crippen LogP contribution is 2.36. The lowest BCUT2D eigenvalue weighted by Crippen LogP contribution is -2.67. The van der Waals surface area contributed by atoms with Gasteiger partial charge in [0.1, 0.15) is 62.0 Å². The summed E-state index contributed by atoms with van der Waals surface area (Å²) >= 11 is 0. The molecule has 15 atom stereocenters. The van der Waals surface area contributed by atoms with E-state index in [9.17, 15) is 64.8 Å². The van der Waals surface area contributed by atoms with Gasteiger partial charge in [0.25, 0.3) is 0 Å². The third kappa shape index (κ3) is 13.9. The van der Waals surface area contributed by atoms with Crippen molar-refractivity contribution in [3.8, 4) is 23.0 Å². The summed E-state index contributed by atoms with van der Waals surface area (Å²) in [6.07, 6.45) is -23.4. The van der Waals surface area contributed by atoms with Crippen molar-refractivity contribution in [2.24, 2.45) is 0 Å². The largest absolute Gasteiger partial charge is 0.504 e. The van der Waals surface area contributed by atoms with Crippen molar-refractivity contribution in [2.75, 3.05) is 19.8 Å².